The van der Waals surface area contributed by atoms with Crippen LogP contribution in [-0.2, 0) is 16.5 Å². The van der Waals surface area contributed by atoms with Gasteiger partial charge in [0.25, 0.3) is 0 Å². The second-order valence-corrected chi connectivity index (χ2v) is 31.5. The Morgan fingerprint density at radius 3 is 0.857 bits per heavy atom. The summed E-state index contributed by atoms with van der Waals surface area (Å²) in [5, 5.41) is 0. The van der Waals surface area contributed by atoms with Crippen molar-refractivity contribution in [3.63, 3.8) is 0 Å². The molecule has 0 aliphatic rings. The molecule has 0 saturated carbocycles. The third-order valence-electron chi connectivity index (χ3n) is 1.60. The summed E-state index contributed by atoms with van der Waals surface area (Å²) in [7, 11) is -9.22. The van der Waals surface area contributed by atoms with Gasteiger partial charge in [0.15, 0.2) is 25.0 Å². The van der Waals surface area contributed by atoms with Gasteiger partial charge >= 0.3 is 16.0 Å². The molecule has 0 atom stereocenters. The summed E-state index contributed by atoms with van der Waals surface area (Å²) in [6.07, 6.45) is 0. The molecule has 0 spiro atoms. The Labute approximate surface area is 144 Å². The van der Waals surface area contributed by atoms with E-state index >= 15 is 0 Å². The highest BCUT2D eigenvalue weighted by Gasteiger charge is 2.57. The van der Waals surface area contributed by atoms with Gasteiger partial charge in [-0.3, -0.25) is 0 Å². The fourth-order valence-corrected chi connectivity index (χ4v) is 17.2. The van der Waals surface area contributed by atoms with Crippen LogP contribution in [0.5, 0.6) is 0 Å². The van der Waals surface area contributed by atoms with Crippen molar-refractivity contribution in [3.05, 3.63) is 0 Å². The van der Waals surface area contributed by atoms with Crippen LogP contribution in [0.1, 0.15) is 0 Å². The number of hydrogen-bond donors (Lipinski definition) is 0. The summed E-state index contributed by atoms with van der Waals surface area (Å²) >= 11 is 12.5. The molecule has 0 rings (SSSR count). The first-order valence-electron chi connectivity index (χ1n) is 7.01. The zero-order valence-electron chi connectivity index (χ0n) is 14.9. The van der Waals surface area contributed by atoms with Crippen molar-refractivity contribution in [2.24, 2.45) is 0 Å². The highest BCUT2D eigenvalue weighted by Crippen LogP contribution is 2.31. The van der Waals surface area contributed by atoms with E-state index in [1.807, 2.05) is 0 Å². The molecule has 0 aromatic carbocycles. The van der Waals surface area contributed by atoms with E-state index in [-0.39, 0.29) is 0 Å². The van der Waals surface area contributed by atoms with Gasteiger partial charge in [-0.15, -0.1) is 22.2 Å². The van der Waals surface area contributed by atoms with Crippen LogP contribution >= 0.6 is 22.2 Å². The molecule has 0 amide bonds. The number of rotatable bonds is 8. The normalized spacial score (nSPS) is 15.4. The molecule has 0 saturated heterocycles. The monoisotopic (exact) mass is 424 g/mol. The number of halogens is 2. The molecule has 0 radical (unpaired) electrons. The minimum atomic E-state index is -3.35. The summed E-state index contributed by atoms with van der Waals surface area (Å²) in [5.41, 5.74) is 0. The Hall–Kier alpha value is 1.50. The van der Waals surface area contributed by atoms with Crippen LogP contribution in [0, 0.1) is 0 Å². The van der Waals surface area contributed by atoms with Crippen LogP contribution in [0.3, 0.4) is 0 Å². The highest BCUT2D eigenvalue weighted by molar-refractivity contribution is 7.43. The molecule has 0 aliphatic heterocycles. The van der Waals surface area contributed by atoms with E-state index in [1.165, 1.54) is 0 Å². The van der Waals surface area contributed by atoms with Crippen molar-refractivity contribution in [1.29, 1.82) is 0 Å². The first-order chi connectivity index (χ1) is 8.83. The molecule has 0 N–H and O–H groups in total. The molecular formula is C10H30Cl2O4Si5. The lowest BCUT2D eigenvalue weighted by molar-refractivity contribution is 0.153. The highest BCUT2D eigenvalue weighted by atomic mass is 35.7. The third kappa shape index (κ3) is 12.6. The Kier molecular flexibility index (Phi) is 7.69. The summed E-state index contributed by atoms with van der Waals surface area (Å²) in [5.74, 6) is 0. The SMILES string of the molecule is C[Si](C)(C)O[Si](O[Si](C)(C)C)(O[Si](C)(C)C)O[Si](C)(Cl)Cl. The van der Waals surface area contributed by atoms with Gasteiger partial charge in [-0.1, -0.05) is 0 Å². The average molecular weight is 426 g/mol. The molecule has 21 heavy (non-hydrogen) atoms. The van der Waals surface area contributed by atoms with Gasteiger partial charge in [0.2, 0.25) is 0 Å². The molecule has 128 valence electrons. The van der Waals surface area contributed by atoms with E-state index in [2.05, 4.69) is 58.9 Å². The van der Waals surface area contributed by atoms with E-state index in [4.69, 9.17) is 38.6 Å². The lowest BCUT2D eigenvalue weighted by Crippen LogP contribution is -2.64. The van der Waals surface area contributed by atoms with E-state index in [0.717, 1.165) is 0 Å². The van der Waals surface area contributed by atoms with Crippen LogP contribution in [0.15, 0.2) is 0 Å². The maximum Gasteiger partial charge on any atom is 0.638 e. The van der Waals surface area contributed by atoms with Crippen LogP contribution in [0.25, 0.3) is 0 Å². The van der Waals surface area contributed by atoms with Gasteiger partial charge in [0.05, 0.1) is 0 Å². The largest absolute Gasteiger partial charge is 0.638 e. The van der Waals surface area contributed by atoms with Gasteiger partial charge < -0.3 is 16.5 Å². The van der Waals surface area contributed by atoms with Crippen molar-refractivity contribution >= 4 is 63.1 Å². The van der Waals surface area contributed by atoms with Crippen molar-refractivity contribution in [2.45, 2.75) is 65.5 Å². The molecule has 4 nitrogen and oxygen atoms in total. The quantitative estimate of drug-likeness (QED) is 0.403. The minimum absolute atomic E-state index is 1.70. The Balaban J connectivity index is 5.70. The Morgan fingerprint density at radius 2 is 0.714 bits per heavy atom. The Bertz CT molecular complexity index is 274. The fraction of sp³-hybridized carbons (Fsp3) is 1.00. The van der Waals surface area contributed by atoms with Gasteiger partial charge in [-0.25, -0.2) is 0 Å². The van der Waals surface area contributed by atoms with Crippen LogP contribution in [0.4, 0.5) is 0 Å². The zero-order chi connectivity index (χ0) is 17.3. The molecule has 0 aromatic rings. The number of hydrogen-bond acceptors (Lipinski definition) is 4. The van der Waals surface area contributed by atoms with E-state index in [1.54, 1.807) is 6.55 Å². The van der Waals surface area contributed by atoms with Gasteiger partial charge in [0, 0.05) is 0 Å². The first kappa shape index (κ1) is 22.5. The van der Waals surface area contributed by atoms with Crippen molar-refractivity contribution in [1.82, 2.24) is 0 Å². The molecule has 0 unspecified atom stereocenters. The molecular weight excluding hydrogens is 395 g/mol. The average Bonchev–Trinajstić information content (AvgIpc) is 1.83. The van der Waals surface area contributed by atoms with Gasteiger partial charge in [0.1, 0.15) is 0 Å². The second kappa shape index (κ2) is 7.17. The van der Waals surface area contributed by atoms with Crippen LogP contribution in [-0.4, -0.2) is 40.9 Å². The third-order valence-corrected chi connectivity index (χ3v) is 15.8. The molecule has 11 heteroatoms. The van der Waals surface area contributed by atoms with Crippen molar-refractivity contribution in [3.8, 4) is 0 Å². The molecule has 0 bridgehead atoms. The summed E-state index contributed by atoms with van der Waals surface area (Å²) < 4.78 is 24.9. The first-order valence-corrected chi connectivity index (χ1v) is 23.3. The molecule has 0 aliphatic carbocycles. The zero-order valence-corrected chi connectivity index (χ0v) is 21.4. The summed E-state index contributed by atoms with van der Waals surface area (Å²) in [6.45, 7) is 17.6. The second-order valence-electron chi connectivity index (χ2n) is 8.05. The standard InChI is InChI=1S/C10H30Cl2O4Si5/c1-17(2,3)13-21(14-18(4,5)6,15-19(7,8)9)16-20(10,11)12/h1-10H3. The molecule has 0 aromatic heterocycles. The van der Waals surface area contributed by atoms with Crippen molar-refractivity contribution < 1.29 is 16.5 Å². The van der Waals surface area contributed by atoms with Crippen LogP contribution < -0.4 is 0 Å². The van der Waals surface area contributed by atoms with E-state index in [0.29, 0.717) is 0 Å². The van der Waals surface area contributed by atoms with E-state index < -0.39 is 40.9 Å². The van der Waals surface area contributed by atoms with Gasteiger partial charge in [-0.05, 0) is 65.5 Å². The topological polar surface area (TPSA) is 36.9 Å². The van der Waals surface area contributed by atoms with Gasteiger partial charge in [-0.2, -0.15) is 0 Å². The van der Waals surface area contributed by atoms with Crippen molar-refractivity contribution in [2.75, 3.05) is 0 Å². The molecule has 0 heterocycles. The smallest absolute Gasteiger partial charge is 0.396 e. The lowest BCUT2D eigenvalue weighted by atomic mass is 11.8. The summed E-state index contributed by atoms with van der Waals surface area (Å²) in [4.78, 5) is 0. The fourth-order valence-electron chi connectivity index (χ4n) is 1.47. The summed E-state index contributed by atoms with van der Waals surface area (Å²) in [6, 6.07) is 0. The maximum absolute atomic E-state index is 6.30. The predicted octanol–water partition coefficient (Wildman–Crippen LogP) is 5.04. The molecule has 0 fully saturated rings. The predicted molar refractivity (Wildman–Crippen MR) is 103 cm³/mol. The van der Waals surface area contributed by atoms with E-state index in [9.17, 15) is 0 Å². The lowest BCUT2D eigenvalue weighted by Gasteiger charge is -2.42. The maximum atomic E-state index is 6.30. The Morgan fingerprint density at radius 1 is 0.476 bits per heavy atom. The minimum Gasteiger partial charge on any atom is -0.396 e. The van der Waals surface area contributed by atoms with Crippen LogP contribution in [0.2, 0.25) is 65.5 Å².